The number of nitrogens with zero attached hydrogens (tertiary/aromatic N) is 3. The second-order valence-electron chi connectivity index (χ2n) is 6.40. The standard InChI is InChI=1S/C21H22N4O3S/c1-14-6-4-5-7-17(14)20(27)22-12-19-23-24-21(25(19)2)29-13-18(26)15-8-10-16(28-3)11-9-15/h4-11H,12-13H2,1-3H3,(H,22,27). The number of ketones is 1. The number of ether oxygens (including phenoxy) is 1. The summed E-state index contributed by atoms with van der Waals surface area (Å²) >= 11 is 1.31. The maximum Gasteiger partial charge on any atom is 0.251 e. The Bertz CT molecular complexity index is 1020. The molecular weight excluding hydrogens is 388 g/mol. The Morgan fingerprint density at radius 3 is 2.52 bits per heavy atom. The smallest absolute Gasteiger partial charge is 0.251 e. The minimum atomic E-state index is -0.157. The van der Waals surface area contributed by atoms with Crippen molar-refractivity contribution < 1.29 is 14.3 Å². The highest BCUT2D eigenvalue weighted by Gasteiger charge is 2.14. The predicted molar refractivity (Wildman–Crippen MR) is 111 cm³/mol. The first-order chi connectivity index (χ1) is 14.0. The van der Waals surface area contributed by atoms with Crippen molar-refractivity contribution in [3.05, 3.63) is 71.0 Å². The zero-order chi connectivity index (χ0) is 20.8. The van der Waals surface area contributed by atoms with Gasteiger partial charge < -0.3 is 14.6 Å². The normalized spacial score (nSPS) is 10.6. The lowest BCUT2D eigenvalue weighted by Gasteiger charge is -2.08. The third-order valence-electron chi connectivity index (χ3n) is 4.47. The fourth-order valence-electron chi connectivity index (χ4n) is 2.70. The van der Waals surface area contributed by atoms with Crippen LogP contribution in [0.2, 0.25) is 0 Å². The van der Waals surface area contributed by atoms with Gasteiger partial charge in [-0.3, -0.25) is 9.59 Å². The molecule has 0 spiro atoms. The molecule has 1 amide bonds. The Morgan fingerprint density at radius 1 is 1.10 bits per heavy atom. The molecule has 3 aromatic rings. The number of hydrogen-bond donors (Lipinski definition) is 1. The molecular formula is C21H22N4O3S. The highest BCUT2D eigenvalue weighted by Crippen LogP contribution is 2.19. The molecule has 0 aliphatic rings. The van der Waals surface area contributed by atoms with Crippen LogP contribution in [0.4, 0.5) is 0 Å². The molecule has 7 nitrogen and oxygen atoms in total. The van der Waals surface area contributed by atoms with Gasteiger partial charge in [-0.05, 0) is 42.8 Å². The van der Waals surface area contributed by atoms with Crippen molar-refractivity contribution in [1.29, 1.82) is 0 Å². The Kier molecular flexibility index (Phi) is 6.66. The molecule has 1 N–H and O–H groups in total. The van der Waals surface area contributed by atoms with Gasteiger partial charge >= 0.3 is 0 Å². The number of nitrogens with one attached hydrogen (secondary N) is 1. The predicted octanol–water partition coefficient (Wildman–Crippen LogP) is 3.04. The lowest BCUT2D eigenvalue weighted by molar-refractivity contribution is 0.0948. The maximum atomic E-state index is 12.4. The zero-order valence-corrected chi connectivity index (χ0v) is 17.3. The van der Waals surface area contributed by atoms with E-state index in [2.05, 4.69) is 15.5 Å². The number of thioether (sulfide) groups is 1. The van der Waals surface area contributed by atoms with Crippen LogP contribution in [-0.2, 0) is 13.6 Å². The van der Waals surface area contributed by atoms with Crippen molar-refractivity contribution in [3.8, 4) is 5.75 Å². The number of carbonyl (C=O) groups is 2. The molecule has 0 unspecified atom stereocenters. The third-order valence-corrected chi connectivity index (χ3v) is 5.49. The van der Waals surface area contributed by atoms with Crippen molar-refractivity contribution >= 4 is 23.5 Å². The molecule has 0 aliphatic carbocycles. The van der Waals surface area contributed by atoms with Crippen LogP contribution in [0, 0.1) is 6.92 Å². The molecule has 1 aromatic heterocycles. The van der Waals surface area contributed by atoms with E-state index < -0.39 is 0 Å². The van der Waals surface area contributed by atoms with Crippen LogP contribution in [0.3, 0.4) is 0 Å². The van der Waals surface area contributed by atoms with Crippen LogP contribution in [-0.4, -0.2) is 39.3 Å². The molecule has 0 saturated carbocycles. The maximum absolute atomic E-state index is 12.4. The summed E-state index contributed by atoms with van der Waals surface area (Å²) in [5, 5.41) is 11.7. The summed E-state index contributed by atoms with van der Waals surface area (Å²) in [6.45, 7) is 2.15. The van der Waals surface area contributed by atoms with E-state index >= 15 is 0 Å². The number of Topliss-reactive ketones (excluding diaryl/α,β-unsaturated/α-hetero) is 1. The third kappa shape index (κ3) is 5.03. The molecule has 0 aliphatic heterocycles. The highest BCUT2D eigenvalue weighted by molar-refractivity contribution is 7.99. The number of aryl methyl sites for hydroxylation is 1. The molecule has 150 valence electrons. The molecule has 0 fully saturated rings. The van der Waals surface area contributed by atoms with Crippen LogP contribution >= 0.6 is 11.8 Å². The first-order valence-electron chi connectivity index (χ1n) is 9.01. The molecule has 29 heavy (non-hydrogen) atoms. The van der Waals surface area contributed by atoms with Crippen LogP contribution in [0.15, 0.2) is 53.7 Å². The lowest BCUT2D eigenvalue weighted by atomic mass is 10.1. The Balaban J connectivity index is 1.57. The van der Waals surface area contributed by atoms with Gasteiger partial charge in [-0.15, -0.1) is 10.2 Å². The number of amides is 1. The molecule has 1 heterocycles. The molecule has 3 rings (SSSR count). The fourth-order valence-corrected chi connectivity index (χ4v) is 3.52. The average molecular weight is 410 g/mol. The van der Waals surface area contributed by atoms with E-state index in [0.29, 0.717) is 27.9 Å². The highest BCUT2D eigenvalue weighted by atomic mass is 32.2. The Hall–Kier alpha value is -3.13. The summed E-state index contributed by atoms with van der Waals surface area (Å²) in [6, 6.07) is 14.4. The van der Waals surface area contributed by atoms with E-state index in [1.807, 2.05) is 32.2 Å². The summed E-state index contributed by atoms with van der Waals surface area (Å²) in [5.74, 6) is 1.41. The van der Waals surface area contributed by atoms with Crippen LogP contribution in [0.1, 0.15) is 32.1 Å². The molecule has 2 aromatic carbocycles. The average Bonchev–Trinajstić information content (AvgIpc) is 3.10. The second-order valence-corrected chi connectivity index (χ2v) is 7.34. The lowest BCUT2D eigenvalue weighted by Crippen LogP contribution is -2.25. The monoisotopic (exact) mass is 410 g/mol. The number of benzene rings is 2. The first-order valence-corrected chi connectivity index (χ1v) is 10.0. The van der Waals surface area contributed by atoms with Gasteiger partial charge in [0, 0.05) is 18.2 Å². The summed E-state index contributed by atoms with van der Waals surface area (Å²) in [7, 11) is 3.40. The van der Waals surface area contributed by atoms with Crippen LogP contribution < -0.4 is 10.1 Å². The number of aromatic nitrogens is 3. The second kappa shape index (κ2) is 9.38. The minimum absolute atomic E-state index is 0.00458. The molecule has 0 radical (unpaired) electrons. The summed E-state index contributed by atoms with van der Waals surface area (Å²) < 4.78 is 6.88. The number of methoxy groups -OCH3 is 1. The van der Waals surface area contributed by atoms with Crippen molar-refractivity contribution in [3.63, 3.8) is 0 Å². The number of rotatable bonds is 8. The topological polar surface area (TPSA) is 86.1 Å². The van der Waals surface area contributed by atoms with E-state index in [1.165, 1.54) is 11.8 Å². The van der Waals surface area contributed by atoms with Gasteiger partial charge in [0.25, 0.3) is 5.91 Å². The van der Waals surface area contributed by atoms with Gasteiger partial charge in [-0.2, -0.15) is 0 Å². The molecule has 0 bridgehead atoms. The largest absolute Gasteiger partial charge is 0.497 e. The van der Waals surface area contributed by atoms with Crippen molar-refractivity contribution in [2.75, 3.05) is 12.9 Å². The molecule has 8 heteroatoms. The van der Waals surface area contributed by atoms with Crippen molar-refractivity contribution in [1.82, 2.24) is 20.1 Å². The van der Waals surface area contributed by atoms with Gasteiger partial charge in [0.1, 0.15) is 5.75 Å². The van der Waals surface area contributed by atoms with Gasteiger partial charge in [0.15, 0.2) is 16.8 Å². The van der Waals surface area contributed by atoms with Gasteiger partial charge in [-0.25, -0.2) is 0 Å². The molecule has 0 saturated heterocycles. The van der Waals surface area contributed by atoms with Crippen LogP contribution in [0.25, 0.3) is 0 Å². The zero-order valence-electron chi connectivity index (χ0n) is 16.5. The fraction of sp³-hybridized carbons (Fsp3) is 0.238. The summed E-state index contributed by atoms with van der Waals surface area (Å²) in [4.78, 5) is 24.7. The Labute approximate surface area is 173 Å². The van der Waals surface area contributed by atoms with Gasteiger partial charge in [0.05, 0.1) is 19.4 Å². The quantitative estimate of drug-likeness (QED) is 0.454. The summed E-state index contributed by atoms with van der Waals surface area (Å²) in [5.41, 5.74) is 2.16. The van der Waals surface area contributed by atoms with E-state index in [4.69, 9.17) is 4.74 Å². The molecule has 0 atom stereocenters. The van der Waals surface area contributed by atoms with Gasteiger partial charge in [-0.1, -0.05) is 30.0 Å². The Morgan fingerprint density at radius 2 is 1.83 bits per heavy atom. The van der Waals surface area contributed by atoms with E-state index in [1.54, 1.807) is 42.0 Å². The SMILES string of the molecule is COc1ccc(C(=O)CSc2nnc(CNC(=O)c3ccccc3C)n2C)cc1. The van der Waals surface area contributed by atoms with Crippen molar-refractivity contribution in [2.45, 2.75) is 18.6 Å². The van der Waals surface area contributed by atoms with Crippen LogP contribution in [0.5, 0.6) is 5.75 Å². The van der Waals surface area contributed by atoms with Gasteiger partial charge in [0.2, 0.25) is 0 Å². The first kappa shape index (κ1) is 20.6. The summed E-state index contributed by atoms with van der Waals surface area (Å²) in [6.07, 6.45) is 0. The number of carbonyl (C=O) groups excluding carboxylic acids is 2. The minimum Gasteiger partial charge on any atom is -0.497 e. The van der Waals surface area contributed by atoms with E-state index in [-0.39, 0.29) is 24.0 Å². The van der Waals surface area contributed by atoms with E-state index in [0.717, 1.165) is 5.56 Å². The van der Waals surface area contributed by atoms with Crippen molar-refractivity contribution in [2.24, 2.45) is 7.05 Å². The van der Waals surface area contributed by atoms with E-state index in [9.17, 15) is 9.59 Å². The number of hydrogen-bond acceptors (Lipinski definition) is 6.